The van der Waals surface area contributed by atoms with Crippen LogP contribution in [0.1, 0.15) is 24.0 Å². The summed E-state index contributed by atoms with van der Waals surface area (Å²) in [6, 6.07) is 13.7. The van der Waals surface area contributed by atoms with Crippen LogP contribution in [0.3, 0.4) is 0 Å². The zero-order valence-corrected chi connectivity index (χ0v) is 13.4. The van der Waals surface area contributed by atoms with Gasteiger partial charge in [0.15, 0.2) is 0 Å². The SMILES string of the molecule is COc1ccccc1NC(=O)CNc1cccc2c1CCCC2. The molecule has 0 unspecified atom stereocenters. The summed E-state index contributed by atoms with van der Waals surface area (Å²) < 4.78 is 5.25. The normalized spacial score (nSPS) is 13.1. The number of ether oxygens (including phenoxy) is 1. The van der Waals surface area contributed by atoms with E-state index < -0.39 is 0 Å². The van der Waals surface area contributed by atoms with Crippen LogP contribution in [0, 0.1) is 0 Å². The summed E-state index contributed by atoms with van der Waals surface area (Å²) in [7, 11) is 1.60. The Bertz CT molecular complexity index is 698. The van der Waals surface area contributed by atoms with Crippen LogP contribution >= 0.6 is 0 Å². The highest BCUT2D eigenvalue weighted by atomic mass is 16.5. The van der Waals surface area contributed by atoms with Crippen molar-refractivity contribution < 1.29 is 9.53 Å². The largest absolute Gasteiger partial charge is 0.495 e. The second-order valence-corrected chi connectivity index (χ2v) is 5.75. The fourth-order valence-electron chi connectivity index (χ4n) is 3.06. The van der Waals surface area contributed by atoms with E-state index in [0.717, 1.165) is 18.5 Å². The molecule has 0 radical (unpaired) electrons. The molecule has 2 aromatic rings. The summed E-state index contributed by atoms with van der Waals surface area (Å²) in [5, 5.41) is 6.16. The molecule has 0 spiro atoms. The average Bonchev–Trinajstić information content (AvgIpc) is 2.60. The lowest BCUT2D eigenvalue weighted by Crippen LogP contribution is -2.23. The van der Waals surface area contributed by atoms with Crippen molar-refractivity contribution in [1.82, 2.24) is 0 Å². The summed E-state index contributed by atoms with van der Waals surface area (Å²) in [5.74, 6) is 0.584. The number of aryl methyl sites for hydroxylation is 1. The van der Waals surface area contributed by atoms with Gasteiger partial charge in [0, 0.05) is 5.69 Å². The van der Waals surface area contributed by atoms with Crippen LogP contribution in [0.15, 0.2) is 42.5 Å². The molecule has 1 amide bonds. The Morgan fingerprint density at radius 2 is 1.83 bits per heavy atom. The lowest BCUT2D eigenvalue weighted by atomic mass is 9.90. The smallest absolute Gasteiger partial charge is 0.243 e. The Labute approximate surface area is 136 Å². The van der Waals surface area contributed by atoms with Crippen molar-refractivity contribution in [3.8, 4) is 5.75 Å². The van der Waals surface area contributed by atoms with E-state index >= 15 is 0 Å². The predicted octanol–water partition coefficient (Wildman–Crippen LogP) is 3.62. The number of carbonyl (C=O) groups excluding carboxylic acids is 1. The topological polar surface area (TPSA) is 50.4 Å². The molecule has 2 N–H and O–H groups in total. The average molecular weight is 310 g/mol. The molecule has 1 aliphatic rings. The number of hydrogen-bond donors (Lipinski definition) is 2. The second-order valence-electron chi connectivity index (χ2n) is 5.75. The number of rotatable bonds is 5. The van der Waals surface area contributed by atoms with Gasteiger partial charge in [0.25, 0.3) is 0 Å². The maximum atomic E-state index is 12.2. The Hall–Kier alpha value is -2.49. The Morgan fingerprint density at radius 1 is 1.04 bits per heavy atom. The van der Waals surface area contributed by atoms with Gasteiger partial charge in [-0.25, -0.2) is 0 Å². The maximum Gasteiger partial charge on any atom is 0.243 e. The predicted molar refractivity (Wildman–Crippen MR) is 93.2 cm³/mol. The van der Waals surface area contributed by atoms with Gasteiger partial charge in [-0.05, 0) is 55.0 Å². The van der Waals surface area contributed by atoms with Crippen molar-refractivity contribution in [2.75, 3.05) is 24.3 Å². The molecular weight excluding hydrogens is 288 g/mol. The minimum Gasteiger partial charge on any atom is -0.495 e. The molecule has 0 aliphatic heterocycles. The van der Waals surface area contributed by atoms with Crippen LogP contribution in [0.25, 0.3) is 0 Å². The summed E-state index contributed by atoms with van der Waals surface area (Å²) in [6.45, 7) is 0.245. The number of benzene rings is 2. The quantitative estimate of drug-likeness (QED) is 0.887. The van der Waals surface area contributed by atoms with Crippen LogP contribution < -0.4 is 15.4 Å². The number of methoxy groups -OCH3 is 1. The first-order chi connectivity index (χ1) is 11.3. The lowest BCUT2D eigenvalue weighted by molar-refractivity contribution is -0.114. The molecule has 120 valence electrons. The first-order valence-corrected chi connectivity index (χ1v) is 8.05. The van der Waals surface area contributed by atoms with Crippen molar-refractivity contribution in [1.29, 1.82) is 0 Å². The molecule has 0 aromatic heterocycles. The number of anilines is 2. The number of amides is 1. The number of hydrogen-bond acceptors (Lipinski definition) is 3. The third-order valence-electron chi connectivity index (χ3n) is 4.22. The molecule has 0 saturated heterocycles. The Morgan fingerprint density at radius 3 is 2.70 bits per heavy atom. The minimum atomic E-state index is -0.0806. The first-order valence-electron chi connectivity index (χ1n) is 8.05. The van der Waals surface area contributed by atoms with E-state index in [1.807, 2.05) is 24.3 Å². The summed E-state index contributed by atoms with van der Waals surface area (Å²) in [5.41, 5.74) is 4.55. The van der Waals surface area contributed by atoms with Crippen molar-refractivity contribution >= 4 is 17.3 Å². The van der Waals surface area contributed by atoms with E-state index in [4.69, 9.17) is 4.74 Å². The Balaban J connectivity index is 1.63. The molecule has 23 heavy (non-hydrogen) atoms. The Kier molecular flexibility index (Phi) is 4.81. The van der Waals surface area contributed by atoms with Crippen molar-refractivity contribution in [3.63, 3.8) is 0 Å². The zero-order chi connectivity index (χ0) is 16.1. The van der Waals surface area contributed by atoms with Gasteiger partial charge in [-0.15, -0.1) is 0 Å². The van der Waals surface area contributed by atoms with Gasteiger partial charge in [0.1, 0.15) is 5.75 Å². The lowest BCUT2D eigenvalue weighted by Gasteiger charge is -2.20. The summed E-state index contributed by atoms with van der Waals surface area (Å²) in [4.78, 5) is 12.2. The van der Waals surface area contributed by atoms with Gasteiger partial charge >= 0.3 is 0 Å². The molecule has 0 saturated carbocycles. The number of fused-ring (bicyclic) bond motifs is 1. The molecule has 3 rings (SSSR count). The molecule has 0 heterocycles. The molecule has 4 heteroatoms. The van der Waals surface area contributed by atoms with E-state index in [-0.39, 0.29) is 12.5 Å². The van der Waals surface area contributed by atoms with Crippen LogP contribution in [0.2, 0.25) is 0 Å². The van der Waals surface area contributed by atoms with Crippen molar-refractivity contribution in [2.24, 2.45) is 0 Å². The van der Waals surface area contributed by atoms with Crippen molar-refractivity contribution in [3.05, 3.63) is 53.6 Å². The molecular formula is C19H22N2O2. The third-order valence-corrected chi connectivity index (χ3v) is 4.22. The van der Waals surface area contributed by atoms with Gasteiger partial charge < -0.3 is 15.4 Å². The van der Waals surface area contributed by atoms with Crippen LogP contribution in [0.5, 0.6) is 5.75 Å². The molecule has 0 fully saturated rings. The van der Waals surface area contributed by atoms with Gasteiger partial charge in [-0.3, -0.25) is 4.79 Å². The van der Waals surface area contributed by atoms with E-state index in [1.165, 1.54) is 24.0 Å². The monoisotopic (exact) mass is 310 g/mol. The third kappa shape index (κ3) is 3.65. The molecule has 0 bridgehead atoms. The maximum absolute atomic E-state index is 12.2. The highest BCUT2D eigenvalue weighted by Crippen LogP contribution is 2.28. The molecule has 2 aromatic carbocycles. The summed E-state index contributed by atoms with van der Waals surface area (Å²) in [6.07, 6.45) is 4.70. The van der Waals surface area contributed by atoms with Gasteiger partial charge in [-0.1, -0.05) is 24.3 Å². The first kappa shape index (κ1) is 15.4. The van der Waals surface area contributed by atoms with Crippen LogP contribution in [-0.2, 0) is 17.6 Å². The van der Waals surface area contributed by atoms with Gasteiger partial charge in [-0.2, -0.15) is 0 Å². The number of para-hydroxylation sites is 2. The van der Waals surface area contributed by atoms with E-state index in [9.17, 15) is 4.79 Å². The number of nitrogens with one attached hydrogen (secondary N) is 2. The van der Waals surface area contributed by atoms with E-state index in [2.05, 4.69) is 28.8 Å². The van der Waals surface area contributed by atoms with Gasteiger partial charge in [0.2, 0.25) is 5.91 Å². The summed E-state index contributed by atoms with van der Waals surface area (Å²) >= 11 is 0. The number of carbonyl (C=O) groups is 1. The van der Waals surface area contributed by atoms with Crippen LogP contribution in [0.4, 0.5) is 11.4 Å². The molecule has 4 nitrogen and oxygen atoms in total. The van der Waals surface area contributed by atoms with E-state index in [0.29, 0.717) is 11.4 Å². The zero-order valence-electron chi connectivity index (χ0n) is 13.4. The second kappa shape index (κ2) is 7.18. The molecule has 0 atom stereocenters. The fraction of sp³-hybridized carbons (Fsp3) is 0.316. The van der Waals surface area contributed by atoms with Gasteiger partial charge in [0.05, 0.1) is 19.3 Å². The fourth-order valence-corrected chi connectivity index (χ4v) is 3.06. The minimum absolute atomic E-state index is 0.0806. The highest BCUT2D eigenvalue weighted by molar-refractivity contribution is 5.95. The standard InChI is InChI=1S/C19H22N2O2/c1-23-18-12-5-4-10-17(18)21-19(22)13-20-16-11-6-8-14-7-2-3-9-15(14)16/h4-6,8,10-12,20H,2-3,7,9,13H2,1H3,(H,21,22). The van der Waals surface area contributed by atoms with Crippen molar-refractivity contribution in [2.45, 2.75) is 25.7 Å². The van der Waals surface area contributed by atoms with Crippen LogP contribution in [-0.4, -0.2) is 19.6 Å². The highest BCUT2D eigenvalue weighted by Gasteiger charge is 2.13. The van der Waals surface area contributed by atoms with E-state index in [1.54, 1.807) is 7.11 Å². The molecule has 1 aliphatic carbocycles.